The summed E-state index contributed by atoms with van der Waals surface area (Å²) in [5.74, 6) is 0.0251. The maximum Gasteiger partial charge on any atom is 0.330 e. The topological polar surface area (TPSA) is 63.6 Å². The van der Waals surface area contributed by atoms with Crippen LogP contribution in [0.15, 0.2) is 22.8 Å². The van der Waals surface area contributed by atoms with Crippen molar-refractivity contribution in [3.63, 3.8) is 0 Å². The maximum absolute atomic E-state index is 11.2. The van der Waals surface area contributed by atoms with Gasteiger partial charge in [0.1, 0.15) is 6.10 Å². The maximum atomic E-state index is 11.2. The molecule has 1 N–H and O–H groups in total. The molecule has 2 aliphatic carbocycles. The lowest BCUT2D eigenvalue weighted by Crippen LogP contribution is -2.24. The summed E-state index contributed by atoms with van der Waals surface area (Å²) in [4.78, 5) is 22.3. The number of esters is 1. The highest BCUT2D eigenvalue weighted by atomic mass is 16.5. The summed E-state index contributed by atoms with van der Waals surface area (Å²) in [5.41, 5.74) is 2.83. The van der Waals surface area contributed by atoms with E-state index in [2.05, 4.69) is 6.92 Å². The monoisotopic (exact) mass is 292 g/mol. The van der Waals surface area contributed by atoms with Crippen LogP contribution < -0.4 is 0 Å². The Bertz CT molecular complexity index is 515. The van der Waals surface area contributed by atoms with Gasteiger partial charge >= 0.3 is 11.9 Å². The molecule has 0 aromatic rings. The van der Waals surface area contributed by atoms with Crippen LogP contribution in [0.4, 0.5) is 0 Å². The average Bonchev–Trinajstić information content (AvgIpc) is 2.71. The molecule has 0 saturated heterocycles. The molecule has 4 heteroatoms. The van der Waals surface area contributed by atoms with Gasteiger partial charge in [0.2, 0.25) is 0 Å². The first-order valence-corrected chi connectivity index (χ1v) is 7.60. The van der Waals surface area contributed by atoms with Crippen molar-refractivity contribution in [2.75, 3.05) is 0 Å². The SMILES string of the molecule is CC(=O)OC1C[C@@H]2C(=C1C)[C@H](/C=C(/C)C(=O)O)CC[C@@H]2C. The van der Waals surface area contributed by atoms with Gasteiger partial charge in [-0.3, -0.25) is 4.79 Å². The molecule has 2 rings (SSSR count). The third-order valence-electron chi connectivity index (χ3n) is 4.92. The van der Waals surface area contributed by atoms with Gasteiger partial charge in [-0.2, -0.15) is 0 Å². The van der Waals surface area contributed by atoms with Crippen molar-refractivity contribution in [1.29, 1.82) is 0 Å². The fourth-order valence-electron chi connectivity index (χ4n) is 3.80. The molecule has 2 aliphatic rings. The Morgan fingerprint density at radius 3 is 2.52 bits per heavy atom. The molecule has 4 atom stereocenters. The number of rotatable bonds is 3. The predicted octanol–water partition coefficient (Wildman–Crippen LogP) is 3.33. The van der Waals surface area contributed by atoms with Crippen molar-refractivity contribution in [3.05, 3.63) is 22.8 Å². The summed E-state index contributed by atoms with van der Waals surface area (Å²) in [7, 11) is 0. The molecule has 1 unspecified atom stereocenters. The predicted molar refractivity (Wildman–Crippen MR) is 79.6 cm³/mol. The Hall–Kier alpha value is -1.58. The van der Waals surface area contributed by atoms with Crippen LogP contribution in [-0.4, -0.2) is 23.1 Å². The zero-order chi connectivity index (χ0) is 15.7. The van der Waals surface area contributed by atoms with E-state index in [9.17, 15) is 9.59 Å². The Morgan fingerprint density at radius 1 is 1.29 bits per heavy atom. The van der Waals surface area contributed by atoms with Crippen LogP contribution in [0, 0.1) is 17.8 Å². The summed E-state index contributed by atoms with van der Waals surface area (Å²) < 4.78 is 5.43. The number of carbonyl (C=O) groups is 2. The first kappa shape index (κ1) is 15.8. The second kappa shape index (κ2) is 6.04. The number of carbonyl (C=O) groups excluding carboxylic acids is 1. The van der Waals surface area contributed by atoms with Crippen LogP contribution in [0.25, 0.3) is 0 Å². The molecule has 0 radical (unpaired) electrons. The summed E-state index contributed by atoms with van der Waals surface area (Å²) in [6.07, 6.45) is 4.64. The normalized spacial score (nSPS) is 32.9. The van der Waals surface area contributed by atoms with Gasteiger partial charge in [-0.05, 0) is 56.4 Å². The van der Waals surface area contributed by atoms with Crippen molar-refractivity contribution in [2.24, 2.45) is 17.8 Å². The second-order valence-corrected chi connectivity index (χ2v) is 6.39. The molecule has 0 aliphatic heterocycles. The molecular formula is C17H24O4. The number of hydrogen-bond acceptors (Lipinski definition) is 3. The van der Waals surface area contributed by atoms with Gasteiger partial charge in [-0.15, -0.1) is 0 Å². The summed E-state index contributed by atoms with van der Waals surface area (Å²) in [5, 5.41) is 9.09. The molecule has 1 saturated carbocycles. The largest absolute Gasteiger partial charge is 0.478 e. The average molecular weight is 292 g/mol. The molecule has 0 aromatic carbocycles. The van der Waals surface area contributed by atoms with E-state index in [1.807, 2.05) is 13.0 Å². The van der Waals surface area contributed by atoms with Gasteiger partial charge < -0.3 is 9.84 Å². The number of ether oxygens (including phenoxy) is 1. The number of carboxylic acids is 1. The Balaban J connectivity index is 2.32. The van der Waals surface area contributed by atoms with Gasteiger partial charge in [0, 0.05) is 12.5 Å². The van der Waals surface area contributed by atoms with Gasteiger partial charge in [0.05, 0.1) is 0 Å². The standard InChI is InChI=1S/C17H24O4/c1-9-5-6-13(7-10(2)17(19)20)16-11(3)15(8-14(9)16)21-12(4)18/h7,9,13-15H,5-6,8H2,1-4H3,(H,19,20)/b10-7-/t9-,13-,14-,15?/m0/s1. The highest BCUT2D eigenvalue weighted by Gasteiger charge is 2.41. The van der Waals surface area contributed by atoms with Gasteiger partial charge in [0.25, 0.3) is 0 Å². The van der Waals surface area contributed by atoms with E-state index in [-0.39, 0.29) is 18.0 Å². The van der Waals surface area contributed by atoms with Crippen LogP contribution >= 0.6 is 0 Å². The van der Waals surface area contributed by atoms with Crippen LogP contribution in [0.2, 0.25) is 0 Å². The second-order valence-electron chi connectivity index (χ2n) is 6.39. The van der Waals surface area contributed by atoms with Crippen LogP contribution in [0.1, 0.15) is 47.0 Å². The fraction of sp³-hybridized carbons (Fsp3) is 0.647. The molecule has 1 fully saturated rings. The minimum atomic E-state index is -0.863. The van der Waals surface area contributed by atoms with Gasteiger partial charge in [0.15, 0.2) is 0 Å². The van der Waals surface area contributed by atoms with E-state index in [1.165, 1.54) is 12.5 Å². The fourth-order valence-corrected chi connectivity index (χ4v) is 3.80. The number of hydrogen-bond donors (Lipinski definition) is 1. The van der Waals surface area contributed by atoms with Crippen molar-refractivity contribution >= 4 is 11.9 Å². The third-order valence-corrected chi connectivity index (χ3v) is 4.92. The lowest BCUT2D eigenvalue weighted by molar-refractivity contribution is -0.144. The molecule has 0 bridgehead atoms. The summed E-state index contributed by atoms with van der Waals surface area (Å²) in [6.45, 7) is 7.34. The first-order chi connectivity index (χ1) is 9.81. The van der Waals surface area contributed by atoms with Crippen molar-refractivity contribution in [2.45, 2.75) is 53.1 Å². The number of carboxylic acid groups (broad SMARTS) is 1. The zero-order valence-electron chi connectivity index (χ0n) is 13.2. The van der Waals surface area contributed by atoms with Crippen LogP contribution in [0.5, 0.6) is 0 Å². The lowest BCUT2D eigenvalue weighted by Gasteiger charge is -2.33. The van der Waals surface area contributed by atoms with Gasteiger partial charge in [-0.25, -0.2) is 4.79 Å². The molecule has 0 amide bonds. The van der Waals surface area contributed by atoms with Crippen LogP contribution in [0.3, 0.4) is 0 Å². The van der Waals surface area contributed by atoms with Crippen LogP contribution in [-0.2, 0) is 14.3 Å². The minimum Gasteiger partial charge on any atom is -0.478 e. The number of allylic oxidation sites excluding steroid dienone is 2. The Labute approximate surface area is 125 Å². The molecule has 21 heavy (non-hydrogen) atoms. The van der Waals surface area contributed by atoms with E-state index in [0.717, 1.165) is 24.8 Å². The lowest BCUT2D eigenvalue weighted by atomic mass is 9.71. The minimum absolute atomic E-state index is 0.135. The number of aliphatic carboxylic acids is 1. The van der Waals surface area contributed by atoms with Gasteiger partial charge in [-0.1, -0.05) is 18.6 Å². The van der Waals surface area contributed by atoms with Crippen molar-refractivity contribution in [1.82, 2.24) is 0 Å². The number of fused-ring (bicyclic) bond motifs is 1. The summed E-state index contributed by atoms with van der Waals surface area (Å²) >= 11 is 0. The Morgan fingerprint density at radius 2 is 1.95 bits per heavy atom. The molecule has 0 spiro atoms. The quantitative estimate of drug-likeness (QED) is 0.492. The van der Waals surface area contributed by atoms with Crippen molar-refractivity contribution in [3.8, 4) is 0 Å². The molecule has 0 heterocycles. The Kier molecular flexibility index (Phi) is 4.55. The molecule has 4 nitrogen and oxygen atoms in total. The van der Waals surface area contributed by atoms with E-state index in [1.54, 1.807) is 6.92 Å². The zero-order valence-corrected chi connectivity index (χ0v) is 13.2. The van der Waals surface area contributed by atoms with E-state index in [0.29, 0.717) is 17.4 Å². The molecule has 0 aromatic heterocycles. The van der Waals surface area contributed by atoms with Crippen molar-refractivity contribution < 1.29 is 19.4 Å². The smallest absolute Gasteiger partial charge is 0.330 e. The summed E-state index contributed by atoms with van der Waals surface area (Å²) in [6, 6.07) is 0. The van der Waals surface area contributed by atoms with E-state index in [4.69, 9.17) is 9.84 Å². The molecule has 116 valence electrons. The highest BCUT2D eigenvalue weighted by molar-refractivity contribution is 5.85. The third kappa shape index (κ3) is 3.20. The highest BCUT2D eigenvalue weighted by Crippen LogP contribution is 2.49. The van der Waals surface area contributed by atoms with E-state index < -0.39 is 5.97 Å². The molecular weight excluding hydrogens is 268 g/mol. The first-order valence-electron chi connectivity index (χ1n) is 7.60. The van der Waals surface area contributed by atoms with E-state index >= 15 is 0 Å².